The first kappa shape index (κ1) is 17.4. The normalized spacial score (nSPS) is 10.4. The van der Waals surface area contributed by atoms with Crippen LogP contribution >= 0.6 is 0 Å². The number of hydrogen-bond donors (Lipinski definition) is 3. The van der Waals surface area contributed by atoms with Crippen molar-refractivity contribution in [3.8, 4) is 5.75 Å². The summed E-state index contributed by atoms with van der Waals surface area (Å²) in [5.41, 5.74) is 6.87. The van der Waals surface area contributed by atoms with Crippen molar-refractivity contribution >= 4 is 22.5 Å². The third kappa shape index (κ3) is 3.87. The highest BCUT2D eigenvalue weighted by Crippen LogP contribution is 2.22. The van der Waals surface area contributed by atoms with Gasteiger partial charge in [-0.2, -0.15) is 0 Å². The molecule has 1 heterocycles. The monoisotopic (exact) mass is 330 g/mol. The number of pyridine rings is 1. The van der Waals surface area contributed by atoms with Crippen molar-refractivity contribution in [2.24, 2.45) is 5.73 Å². The first-order valence-electron chi connectivity index (χ1n) is 7.68. The van der Waals surface area contributed by atoms with E-state index in [9.17, 15) is 9.59 Å². The van der Waals surface area contributed by atoms with Gasteiger partial charge in [-0.3, -0.25) is 9.59 Å². The molecule has 0 fully saturated rings. The van der Waals surface area contributed by atoms with Gasteiger partial charge in [0, 0.05) is 24.7 Å². The molecule has 0 bridgehead atoms. The molecule has 0 saturated heterocycles. The number of ether oxygens (including phenoxy) is 1. The maximum Gasteiger partial charge on any atom is 0.293 e. The van der Waals surface area contributed by atoms with Crippen LogP contribution in [0.4, 0.5) is 5.69 Å². The molecule has 1 amide bonds. The van der Waals surface area contributed by atoms with Crippen molar-refractivity contribution in [3.05, 3.63) is 47.0 Å². The average molecular weight is 330 g/mol. The molecule has 128 valence electrons. The largest absolute Gasteiger partial charge is 0.478 e. The summed E-state index contributed by atoms with van der Waals surface area (Å²) in [5, 5.41) is 6.20. The van der Waals surface area contributed by atoms with Crippen LogP contribution in [0.25, 0.3) is 10.9 Å². The maximum atomic E-state index is 12.6. The van der Waals surface area contributed by atoms with Crippen molar-refractivity contribution in [2.45, 2.75) is 19.9 Å². The molecule has 0 unspecified atom stereocenters. The second-order valence-corrected chi connectivity index (χ2v) is 5.35. The van der Waals surface area contributed by atoms with Gasteiger partial charge >= 0.3 is 0 Å². The van der Waals surface area contributed by atoms with E-state index in [1.807, 2.05) is 25.1 Å². The number of nitrogens with zero attached hydrogens (tertiary/aromatic N) is 1. The fraction of sp³-hybridized carbons (Fsp3) is 0.294. The number of benzene rings is 1. The van der Waals surface area contributed by atoms with E-state index in [-0.39, 0.29) is 23.8 Å². The Morgan fingerprint density at radius 2 is 2.12 bits per heavy atom. The topological polar surface area (TPSA) is 98.4 Å². The van der Waals surface area contributed by atoms with Gasteiger partial charge in [-0.15, -0.1) is 0 Å². The van der Waals surface area contributed by atoms with Gasteiger partial charge in [0.25, 0.3) is 11.5 Å². The van der Waals surface area contributed by atoms with E-state index in [1.54, 1.807) is 10.6 Å². The zero-order valence-electron chi connectivity index (χ0n) is 13.9. The minimum absolute atomic E-state index is 0.142. The van der Waals surface area contributed by atoms with Crippen molar-refractivity contribution in [1.29, 1.82) is 0 Å². The molecule has 24 heavy (non-hydrogen) atoms. The number of carbonyl (C=O) groups is 1. The van der Waals surface area contributed by atoms with E-state index >= 15 is 0 Å². The van der Waals surface area contributed by atoms with E-state index in [0.717, 1.165) is 23.0 Å². The molecule has 1 aromatic heterocycles. The summed E-state index contributed by atoms with van der Waals surface area (Å²) in [5.74, 6) is 0.169. The molecule has 0 saturated carbocycles. The molecule has 2 rings (SSSR count). The molecule has 0 aliphatic rings. The highest BCUT2D eigenvalue weighted by Gasteiger charge is 2.12. The second kappa shape index (κ2) is 7.54. The fourth-order valence-corrected chi connectivity index (χ4v) is 2.39. The van der Waals surface area contributed by atoms with Crippen LogP contribution in [0.15, 0.2) is 41.5 Å². The predicted molar refractivity (Wildman–Crippen MR) is 95.0 cm³/mol. The minimum atomic E-state index is -0.300. The van der Waals surface area contributed by atoms with Gasteiger partial charge in [-0.05, 0) is 30.7 Å². The minimum Gasteiger partial charge on any atom is -0.478 e. The molecule has 1 aromatic carbocycles. The predicted octanol–water partition coefficient (Wildman–Crippen LogP) is 1.38. The number of nitrogens with two attached hydrogens (primary N) is 1. The molecule has 0 atom stereocenters. The van der Waals surface area contributed by atoms with Crippen LogP contribution < -0.4 is 26.7 Å². The molecule has 2 aromatic rings. The lowest BCUT2D eigenvalue weighted by molar-refractivity contribution is -0.122. The van der Waals surface area contributed by atoms with Gasteiger partial charge in [0.1, 0.15) is 0 Å². The Morgan fingerprint density at radius 1 is 1.38 bits per heavy atom. The van der Waals surface area contributed by atoms with Crippen LogP contribution in [0.2, 0.25) is 0 Å². The van der Waals surface area contributed by atoms with Gasteiger partial charge in [0.15, 0.2) is 12.4 Å². The van der Waals surface area contributed by atoms with Gasteiger partial charge in [0.05, 0.1) is 11.3 Å². The number of fused-ring (bicyclic) bond motifs is 1. The fourth-order valence-electron chi connectivity index (χ4n) is 2.39. The zero-order chi connectivity index (χ0) is 17.7. The van der Waals surface area contributed by atoms with E-state index in [0.29, 0.717) is 12.4 Å². The zero-order valence-corrected chi connectivity index (χ0v) is 13.9. The summed E-state index contributed by atoms with van der Waals surface area (Å²) in [6.07, 6.45) is 0.799. The SMILES string of the molecule is C=C(N)Nc1ccc2c(c1)cc(OCC(=O)NC)c(=O)n2CCC. The van der Waals surface area contributed by atoms with Gasteiger partial charge < -0.3 is 25.7 Å². The molecule has 0 radical (unpaired) electrons. The molecule has 7 heteroatoms. The molecule has 4 N–H and O–H groups in total. The number of anilines is 1. The first-order chi connectivity index (χ1) is 11.5. The van der Waals surface area contributed by atoms with Gasteiger partial charge in [0.2, 0.25) is 0 Å². The third-order valence-corrected chi connectivity index (χ3v) is 3.45. The average Bonchev–Trinajstić information content (AvgIpc) is 2.55. The molecule has 0 aliphatic heterocycles. The third-order valence-electron chi connectivity index (χ3n) is 3.45. The van der Waals surface area contributed by atoms with Crippen LogP contribution in [0.5, 0.6) is 5.75 Å². The highest BCUT2D eigenvalue weighted by atomic mass is 16.5. The lowest BCUT2D eigenvalue weighted by atomic mass is 10.1. The number of likely N-dealkylation sites (N-methyl/N-ethyl adjacent to an activating group) is 1. The van der Waals surface area contributed by atoms with Crippen molar-refractivity contribution in [2.75, 3.05) is 19.0 Å². The second-order valence-electron chi connectivity index (χ2n) is 5.35. The lowest BCUT2D eigenvalue weighted by Gasteiger charge is -2.14. The van der Waals surface area contributed by atoms with Crippen molar-refractivity contribution in [1.82, 2.24) is 9.88 Å². The molecular weight excluding hydrogens is 308 g/mol. The number of nitrogens with one attached hydrogen (secondary N) is 2. The Hall–Kier alpha value is -2.96. The number of aromatic nitrogens is 1. The van der Waals surface area contributed by atoms with Gasteiger partial charge in [-0.25, -0.2) is 0 Å². The summed E-state index contributed by atoms with van der Waals surface area (Å²) < 4.78 is 7.05. The molecule has 0 spiro atoms. The number of aryl methyl sites for hydroxylation is 1. The summed E-state index contributed by atoms with van der Waals surface area (Å²) in [7, 11) is 1.51. The van der Waals surface area contributed by atoms with E-state index in [2.05, 4.69) is 17.2 Å². The van der Waals surface area contributed by atoms with Crippen LogP contribution in [-0.2, 0) is 11.3 Å². The Labute approximate surface area is 140 Å². The number of hydrogen-bond acceptors (Lipinski definition) is 5. The Bertz CT molecular complexity index is 826. The maximum absolute atomic E-state index is 12.6. The van der Waals surface area contributed by atoms with E-state index < -0.39 is 0 Å². The standard InChI is InChI=1S/C17H22N4O3/c1-4-7-21-14-6-5-13(20-11(2)18)8-12(14)9-15(17(21)23)24-10-16(22)19-3/h5-6,8-9,20H,2,4,7,10,18H2,1,3H3,(H,19,22). The number of carbonyl (C=O) groups excluding carboxylic acids is 1. The first-order valence-corrected chi connectivity index (χ1v) is 7.68. The summed E-state index contributed by atoms with van der Waals surface area (Å²) in [4.78, 5) is 24.0. The summed E-state index contributed by atoms with van der Waals surface area (Å²) in [6.45, 7) is 5.95. The van der Waals surface area contributed by atoms with Crippen LogP contribution in [0.3, 0.4) is 0 Å². The highest BCUT2D eigenvalue weighted by molar-refractivity contribution is 5.84. The van der Waals surface area contributed by atoms with Crippen LogP contribution in [-0.4, -0.2) is 24.1 Å². The van der Waals surface area contributed by atoms with Crippen LogP contribution in [0.1, 0.15) is 13.3 Å². The van der Waals surface area contributed by atoms with Crippen LogP contribution in [0, 0.1) is 0 Å². The molecular formula is C17H22N4O3. The van der Waals surface area contributed by atoms with Gasteiger partial charge in [-0.1, -0.05) is 13.5 Å². The Kier molecular flexibility index (Phi) is 5.47. The van der Waals surface area contributed by atoms with E-state index in [4.69, 9.17) is 10.5 Å². The quantitative estimate of drug-likeness (QED) is 0.712. The van der Waals surface area contributed by atoms with E-state index in [1.165, 1.54) is 7.05 Å². The number of rotatable bonds is 7. The van der Waals surface area contributed by atoms with Crippen molar-refractivity contribution < 1.29 is 9.53 Å². The Morgan fingerprint density at radius 3 is 2.75 bits per heavy atom. The number of amides is 1. The Balaban J connectivity index is 2.52. The summed E-state index contributed by atoms with van der Waals surface area (Å²) >= 11 is 0. The molecule has 0 aliphatic carbocycles. The summed E-state index contributed by atoms with van der Waals surface area (Å²) in [6, 6.07) is 7.17. The smallest absolute Gasteiger partial charge is 0.293 e. The van der Waals surface area contributed by atoms with Crippen molar-refractivity contribution in [3.63, 3.8) is 0 Å². The lowest BCUT2D eigenvalue weighted by Crippen LogP contribution is -2.28. The molecule has 7 nitrogen and oxygen atoms in total.